The Hall–Kier alpha value is -0.600. The van der Waals surface area contributed by atoms with Crippen LogP contribution in [0.4, 0.5) is 0 Å². The maximum atomic E-state index is 11.0. The Kier molecular flexibility index (Phi) is 3.88. The lowest BCUT2D eigenvalue weighted by molar-refractivity contribution is -0.183. The van der Waals surface area contributed by atoms with Crippen LogP contribution >= 0.6 is 0 Å². The summed E-state index contributed by atoms with van der Waals surface area (Å²) >= 11 is 0. The highest BCUT2D eigenvalue weighted by Crippen LogP contribution is 2.68. The minimum atomic E-state index is -1.43. The lowest BCUT2D eigenvalue weighted by atomic mass is 9.44. The third-order valence-electron chi connectivity index (χ3n) is 9.17. The molecule has 10 atom stereocenters. The van der Waals surface area contributed by atoms with Gasteiger partial charge in [-0.15, -0.1) is 6.42 Å². The molecule has 4 fully saturated rings. The summed E-state index contributed by atoms with van der Waals surface area (Å²) in [5.74, 6) is 3.82. The fourth-order valence-electron chi connectivity index (χ4n) is 7.60. The standard InChI is InChI=1S/C21H32O4/c1-4-21(25)17(23)11-15-12-5-6-14-18(24)16(22)8-9-19(14,2)13(12)7-10-20(15,21)3/h1,12-18,22-25H,5-11H2,2-3H3/t12-,13+,14?,15+,16+,17-,18-,19-,20+,21+/m1/s1. The second-order valence-corrected chi connectivity index (χ2v) is 9.78. The molecule has 4 saturated carbocycles. The van der Waals surface area contributed by atoms with E-state index in [4.69, 9.17) is 6.42 Å². The second kappa shape index (κ2) is 5.45. The van der Waals surface area contributed by atoms with Gasteiger partial charge in [0.25, 0.3) is 0 Å². The summed E-state index contributed by atoms with van der Waals surface area (Å²) in [6.45, 7) is 4.36. The Balaban J connectivity index is 1.68. The van der Waals surface area contributed by atoms with Gasteiger partial charge in [-0.05, 0) is 74.0 Å². The number of fused-ring (bicyclic) bond motifs is 5. The predicted octanol–water partition coefficient (Wildman–Crippen LogP) is 1.70. The molecule has 140 valence electrons. The van der Waals surface area contributed by atoms with Gasteiger partial charge in [0.15, 0.2) is 5.60 Å². The monoisotopic (exact) mass is 348 g/mol. The Morgan fingerprint density at radius 2 is 1.64 bits per heavy atom. The molecule has 0 aliphatic heterocycles. The van der Waals surface area contributed by atoms with Crippen molar-refractivity contribution in [1.82, 2.24) is 0 Å². The maximum Gasteiger partial charge on any atom is 0.156 e. The van der Waals surface area contributed by atoms with Crippen LogP contribution in [-0.4, -0.2) is 44.3 Å². The molecule has 0 aromatic carbocycles. The summed E-state index contributed by atoms with van der Waals surface area (Å²) in [5.41, 5.74) is -1.83. The average molecular weight is 348 g/mol. The zero-order valence-corrected chi connectivity index (χ0v) is 15.4. The molecule has 4 heteroatoms. The number of aliphatic hydroxyl groups excluding tert-OH is 3. The lowest BCUT2D eigenvalue weighted by Gasteiger charge is -2.62. The van der Waals surface area contributed by atoms with Crippen molar-refractivity contribution < 1.29 is 20.4 Å². The van der Waals surface area contributed by atoms with Crippen LogP contribution in [0, 0.1) is 46.8 Å². The fourth-order valence-corrected chi connectivity index (χ4v) is 7.60. The van der Waals surface area contributed by atoms with Crippen LogP contribution < -0.4 is 0 Å². The molecule has 1 unspecified atom stereocenters. The van der Waals surface area contributed by atoms with E-state index >= 15 is 0 Å². The first kappa shape index (κ1) is 17.8. The van der Waals surface area contributed by atoms with E-state index < -0.39 is 29.3 Å². The van der Waals surface area contributed by atoms with Crippen molar-refractivity contribution in [2.24, 2.45) is 34.5 Å². The number of aliphatic hydroxyl groups is 4. The summed E-state index contributed by atoms with van der Waals surface area (Å²) in [4.78, 5) is 0. The van der Waals surface area contributed by atoms with E-state index in [1.54, 1.807) is 0 Å². The van der Waals surface area contributed by atoms with E-state index in [9.17, 15) is 20.4 Å². The van der Waals surface area contributed by atoms with Crippen molar-refractivity contribution in [3.8, 4) is 12.3 Å². The van der Waals surface area contributed by atoms with Crippen molar-refractivity contribution in [2.45, 2.75) is 82.7 Å². The molecule has 4 N–H and O–H groups in total. The van der Waals surface area contributed by atoms with Crippen molar-refractivity contribution >= 4 is 0 Å². The molecule has 0 heterocycles. The molecule has 4 nitrogen and oxygen atoms in total. The third kappa shape index (κ3) is 2.04. The number of terminal acetylenes is 1. The third-order valence-corrected chi connectivity index (χ3v) is 9.17. The van der Waals surface area contributed by atoms with Gasteiger partial charge in [0, 0.05) is 5.41 Å². The molecule has 4 aliphatic rings. The lowest BCUT2D eigenvalue weighted by Crippen LogP contribution is -2.60. The van der Waals surface area contributed by atoms with Gasteiger partial charge in [0.05, 0.1) is 18.3 Å². The molecule has 0 radical (unpaired) electrons. The van der Waals surface area contributed by atoms with Gasteiger partial charge < -0.3 is 20.4 Å². The SMILES string of the molecule is C#C[C@]1(O)[C@H](O)C[C@H]2[C@@H]3CCC4[C@@H](O)[C@@H](O)CC[C@]4(C)[C@H]3CC[C@@]21C. The predicted molar refractivity (Wildman–Crippen MR) is 94.3 cm³/mol. The van der Waals surface area contributed by atoms with Crippen LogP contribution in [0.5, 0.6) is 0 Å². The van der Waals surface area contributed by atoms with Gasteiger partial charge in [-0.25, -0.2) is 0 Å². The molecule has 0 aromatic heterocycles. The van der Waals surface area contributed by atoms with E-state index in [0.29, 0.717) is 24.7 Å². The zero-order chi connectivity index (χ0) is 18.2. The first-order valence-corrected chi connectivity index (χ1v) is 9.93. The molecular formula is C21H32O4. The minimum Gasteiger partial charge on any atom is -0.390 e. The Labute approximate surface area is 150 Å². The summed E-state index contributed by atoms with van der Waals surface area (Å²) in [6.07, 6.45) is 9.47. The highest BCUT2D eigenvalue weighted by molar-refractivity contribution is 5.27. The number of rotatable bonds is 0. The Morgan fingerprint density at radius 1 is 0.920 bits per heavy atom. The first-order valence-electron chi connectivity index (χ1n) is 9.93. The Morgan fingerprint density at radius 3 is 2.32 bits per heavy atom. The van der Waals surface area contributed by atoms with Crippen molar-refractivity contribution in [1.29, 1.82) is 0 Å². The second-order valence-electron chi connectivity index (χ2n) is 9.78. The van der Waals surface area contributed by atoms with Gasteiger partial charge >= 0.3 is 0 Å². The quantitative estimate of drug-likeness (QED) is 0.502. The zero-order valence-electron chi connectivity index (χ0n) is 15.4. The van der Waals surface area contributed by atoms with E-state index in [0.717, 1.165) is 32.1 Å². The van der Waals surface area contributed by atoms with Crippen LogP contribution in [0.3, 0.4) is 0 Å². The summed E-state index contributed by atoms with van der Waals surface area (Å²) < 4.78 is 0. The molecule has 4 aliphatic carbocycles. The van der Waals surface area contributed by atoms with E-state index in [2.05, 4.69) is 19.8 Å². The molecule has 0 bridgehead atoms. The van der Waals surface area contributed by atoms with Gasteiger partial charge in [0.1, 0.15) is 0 Å². The normalized spacial score (nSPS) is 60.9. The summed E-state index contributed by atoms with van der Waals surface area (Å²) in [5, 5.41) is 42.3. The maximum absolute atomic E-state index is 11.0. The molecule has 0 amide bonds. The molecule has 4 rings (SSSR count). The topological polar surface area (TPSA) is 80.9 Å². The Bertz CT molecular complexity index is 599. The van der Waals surface area contributed by atoms with Crippen LogP contribution in [0.1, 0.15) is 58.8 Å². The van der Waals surface area contributed by atoms with Gasteiger partial charge in [-0.2, -0.15) is 0 Å². The fraction of sp³-hybridized carbons (Fsp3) is 0.905. The molecule has 25 heavy (non-hydrogen) atoms. The van der Waals surface area contributed by atoms with E-state index in [-0.39, 0.29) is 17.3 Å². The summed E-state index contributed by atoms with van der Waals surface area (Å²) in [6, 6.07) is 0. The highest BCUT2D eigenvalue weighted by atomic mass is 16.3. The molecule has 0 aromatic rings. The first-order chi connectivity index (χ1) is 11.7. The van der Waals surface area contributed by atoms with Gasteiger partial charge in [-0.3, -0.25) is 0 Å². The number of hydrogen-bond acceptors (Lipinski definition) is 4. The summed E-state index contributed by atoms with van der Waals surface area (Å²) in [7, 11) is 0. The number of hydrogen-bond donors (Lipinski definition) is 4. The highest BCUT2D eigenvalue weighted by Gasteiger charge is 2.68. The molecule has 0 saturated heterocycles. The average Bonchev–Trinajstić information content (AvgIpc) is 2.79. The van der Waals surface area contributed by atoms with Crippen molar-refractivity contribution in [2.75, 3.05) is 0 Å². The van der Waals surface area contributed by atoms with Crippen LogP contribution in [0.2, 0.25) is 0 Å². The van der Waals surface area contributed by atoms with Crippen LogP contribution in [-0.2, 0) is 0 Å². The van der Waals surface area contributed by atoms with Crippen molar-refractivity contribution in [3.05, 3.63) is 0 Å². The van der Waals surface area contributed by atoms with E-state index in [1.165, 1.54) is 0 Å². The van der Waals surface area contributed by atoms with Gasteiger partial charge in [0.2, 0.25) is 0 Å². The largest absolute Gasteiger partial charge is 0.390 e. The van der Waals surface area contributed by atoms with E-state index in [1.807, 2.05) is 0 Å². The molecule has 0 spiro atoms. The van der Waals surface area contributed by atoms with Crippen molar-refractivity contribution in [3.63, 3.8) is 0 Å². The minimum absolute atomic E-state index is 0.0324. The van der Waals surface area contributed by atoms with Crippen LogP contribution in [0.25, 0.3) is 0 Å². The van der Waals surface area contributed by atoms with Gasteiger partial charge in [-0.1, -0.05) is 19.8 Å². The van der Waals surface area contributed by atoms with Crippen LogP contribution in [0.15, 0.2) is 0 Å². The smallest absolute Gasteiger partial charge is 0.156 e. The molecular weight excluding hydrogens is 316 g/mol.